The summed E-state index contributed by atoms with van der Waals surface area (Å²) in [6.07, 6.45) is 6.56. The standard InChI is InChI=1S/C23H28N2O3/c1-2-24-18-11-7-6-10-16(18)17-12-14-13-25(15-8-4-3-5-9-15)22(26)19(14)20(21(17)24)23(27)28/h6-7,10-11,14-15,19-20H,2-5,8-9,12-13H2,1H3,(H,27,28). The molecule has 2 aliphatic carbocycles. The van der Waals surface area contributed by atoms with E-state index in [9.17, 15) is 14.7 Å². The number of amides is 1. The molecule has 28 heavy (non-hydrogen) atoms. The second-order valence-electron chi connectivity index (χ2n) is 8.71. The van der Waals surface area contributed by atoms with Crippen LogP contribution in [0, 0.1) is 11.8 Å². The lowest BCUT2D eigenvalue weighted by Gasteiger charge is -2.32. The molecule has 2 fully saturated rings. The van der Waals surface area contributed by atoms with Gasteiger partial charge >= 0.3 is 5.97 Å². The Hall–Kier alpha value is -2.30. The summed E-state index contributed by atoms with van der Waals surface area (Å²) in [4.78, 5) is 27.9. The van der Waals surface area contributed by atoms with Gasteiger partial charge in [-0.1, -0.05) is 37.5 Å². The number of carboxylic acids is 1. The molecule has 3 aliphatic rings. The predicted molar refractivity (Wildman–Crippen MR) is 107 cm³/mol. The van der Waals surface area contributed by atoms with Crippen molar-refractivity contribution in [1.29, 1.82) is 0 Å². The van der Waals surface area contributed by atoms with Gasteiger partial charge in [0.05, 0.1) is 5.92 Å². The summed E-state index contributed by atoms with van der Waals surface area (Å²) in [6.45, 7) is 3.50. The zero-order valence-corrected chi connectivity index (χ0v) is 16.4. The van der Waals surface area contributed by atoms with Gasteiger partial charge in [0.15, 0.2) is 0 Å². The van der Waals surface area contributed by atoms with E-state index in [1.54, 1.807) is 0 Å². The minimum Gasteiger partial charge on any atom is -0.481 e. The summed E-state index contributed by atoms with van der Waals surface area (Å²) in [6, 6.07) is 8.52. The van der Waals surface area contributed by atoms with Crippen LogP contribution in [0.3, 0.4) is 0 Å². The summed E-state index contributed by atoms with van der Waals surface area (Å²) in [7, 11) is 0. The van der Waals surface area contributed by atoms with E-state index < -0.39 is 17.8 Å². The largest absolute Gasteiger partial charge is 0.481 e. The number of carboxylic acid groups (broad SMARTS) is 1. The van der Waals surface area contributed by atoms with Gasteiger partial charge in [0.2, 0.25) is 5.91 Å². The van der Waals surface area contributed by atoms with Gasteiger partial charge in [-0.2, -0.15) is 0 Å². The number of likely N-dealkylation sites (tertiary alicyclic amines) is 1. The van der Waals surface area contributed by atoms with E-state index in [-0.39, 0.29) is 11.8 Å². The number of aromatic nitrogens is 1. The third kappa shape index (κ3) is 2.44. The monoisotopic (exact) mass is 380 g/mol. The van der Waals surface area contributed by atoms with Crippen LogP contribution < -0.4 is 0 Å². The van der Waals surface area contributed by atoms with E-state index in [4.69, 9.17) is 0 Å². The van der Waals surface area contributed by atoms with E-state index in [2.05, 4.69) is 28.5 Å². The highest BCUT2D eigenvalue weighted by molar-refractivity contribution is 5.94. The predicted octanol–water partition coefficient (Wildman–Crippen LogP) is 3.79. The molecule has 1 aromatic heterocycles. The molecule has 1 saturated carbocycles. The zero-order chi connectivity index (χ0) is 19.4. The fraction of sp³-hybridized carbons (Fsp3) is 0.565. The van der Waals surface area contributed by atoms with Crippen molar-refractivity contribution in [2.24, 2.45) is 11.8 Å². The van der Waals surface area contributed by atoms with Gasteiger partial charge < -0.3 is 14.6 Å². The fourth-order valence-corrected chi connectivity index (χ4v) is 6.19. The molecule has 1 aliphatic heterocycles. The van der Waals surface area contributed by atoms with E-state index in [0.717, 1.165) is 54.5 Å². The molecule has 0 radical (unpaired) electrons. The van der Waals surface area contributed by atoms with E-state index in [1.807, 2.05) is 12.1 Å². The molecule has 1 saturated heterocycles. The van der Waals surface area contributed by atoms with E-state index >= 15 is 0 Å². The lowest BCUT2D eigenvalue weighted by Crippen LogP contribution is -2.41. The summed E-state index contributed by atoms with van der Waals surface area (Å²) < 4.78 is 2.14. The molecule has 3 atom stereocenters. The number of para-hydroxylation sites is 1. The Kier molecular flexibility index (Phi) is 4.22. The van der Waals surface area contributed by atoms with Gasteiger partial charge in [0, 0.05) is 35.7 Å². The topological polar surface area (TPSA) is 62.5 Å². The Balaban J connectivity index is 1.61. The van der Waals surface area contributed by atoms with Crippen LogP contribution in [0.1, 0.15) is 56.2 Å². The summed E-state index contributed by atoms with van der Waals surface area (Å²) in [5.74, 6) is -1.81. The average Bonchev–Trinajstić information content (AvgIpc) is 3.21. The SMILES string of the molecule is CCn1c2c(c3ccccc31)CC1CN(C3CCCCC3)C(=O)C1C2C(=O)O. The van der Waals surface area contributed by atoms with Crippen molar-refractivity contribution in [2.45, 2.75) is 64.0 Å². The first kappa shape index (κ1) is 17.8. The number of aliphatic carboxylic acids is 1. The van der Waals surface area contributed by atoms with Crippen LogP contribution in [-0.2, 0) is 22.6 Å². The Bertz CT molecular complexity index is 941. The highest BCUT2D eigenvalue weighted by Gasteiger charge is 2.54. The van der Waals surface area contributed by atoms with Crippen LogP contribution in [0.4, 0.5) is 0 Å². The van der Waals surface area contributed by atoms with Gasteiger partial charge in [-0.25, -0.2) is 0 Å². The molecule has 0 bridgehead atoms. The number of aryl methyl sites for hydroxylation is 1. The van der Waals surface area contributed by atoms with E-state index in [1.165, 1.54) is 19.3 Å². The average molecular weight is 380 g/mol. The van der Waals surface area contributed by atoms with Gasteiger partial charge in [0.25, 0.3) is 0 Å². The van der Waals surface area contributed by atoms with Crippen molar-refractivity contribution in [3.8, 4) is 0 Å². The van der Waals surface area contributed by atoms with Crippen LogP contribution in [-0.4, -0.2) is 39.0 Å². The van der Waals surface area contributed by atoms with Crippen molar-refractivity contribution in [3.63, 3.8) is 0 Å². The highest BCUT2D eigenvalue weighted by atomic mass is 16.4. The zero-order valence-electron chi connectivity index (χ0n) is 16.4. The van der Waals surface area contributed by atoms with Crippen molar-refractivity contribution in [1.82, 2.24) is 9.47 Å². The molecule has 148 valence electrons. The summed E-state index contributed by atoms with van der Waals surface area (Å²) in [5.41, 5.74) is 3.12. The number of rotatable bonds is 3. The second kappa shape index (κ2) is 6.64. The molecule has 5 rings (SSSR count). The van der Waals surface area contributed by atoms with E-state index in [0.29, 0.717) is 6.04 Å². The number of nitrogens with zero attached hydrogens (tertiary/aromatic N) is 2. The minimum absolute atomic E-state index is 0.0860. The number of benzene rings is 1. The maximum absolute atomic E-state index is 13.4. The minimum atomic E-state index is -0.854. The molecule has 1 N–H and O–H groups in total. The number of hydrogen-bond donors (Lipinski definition) is 1. The van der Waals surface area contributed by atoms with Crippen LogP contribution in [0.15, 0.2) is 24.3 Å². The number of hydrogen-bond acceptors (Lipinski definition) is 2. The normalized spacial score (nSPS) is 27.8. The molecule has 2 aromatic rings. The van der Waals surface area contributed by atoms with Crippen molar-refractivity contribution in [3.05, 3.63) is 35.5 Å². The Morgan fingerprint density at radius 2 is 1.93 bits per heavy atom. The molecule has 0 spiro atoms. The van der Waals surface area contributed by atoms with Crippen LogP contribution in [0.25, 0.3) is 10.9 Å². The third-order valence-electron chi connectivity index (χ3n) is 7.35. The molecule has 1 aromatic carbocycles. The van der Waals surface area contributed by atoms with Gasteiger partial charge in [-0.3, -0.25) is 9.59 Å². The van der Waals surface area contributed by atoms with Crippen LogP contribution >= 0.6 is 0 Å². The maximum atomic E-state index is 13.4. The molecular formula is C23H28N2O3. The molecule has 5 heteroatoms. The van der Waals surface area contributed by atoms with Crippen LogP contribution in [0.5, 0.6) is 0 Å². The van der Waals surface area contributed by atoms with Gasteiger partial charge in [-0.05, 0) is 43.7 Å². The lowest BCUT2D eigenvalue weighted by molar-refractivity contribution is -0.146. The van der Waals surface area contributed by atoms with Crippen LogP contribution in [0.2, 0.25) is 0 Å². The first-order valence-corrected chi connectivity index (χ1v) is 10.7. The number of fused-ring (bicyclic) bond motifs is 4. The highest BCUT2D eigenvalue weighted by Crippen LogP contribution is 2.48. The molecule has 1 amide bonds. The number of carbonyl (C=O) groups is 2. The number of carbonyl (C=O) groups excluding carboxylic acids is 1. The third-order valence-corrected chi connectivity index (χ3v) is 7.35. The van der Waals surface area contributed by atoms with Crippen molar-refractivity contribution < 1.29 is 14.7 Å². The van der Waals surface area contributed by atoms with Gasteiger partial charge in [-0.15, -0.1) is 0 Å². The lowest BCUT2D eigenvalue weighted by atomic mass is 9.72. The first-order valence-electron chi connectivity index (χ1n) is 10.7. The quantitative estimate of drug-likeness (QED) is 0.881. The molecule has 2 heterocycles. The molecule has 5 nitrogen and oxygen atoms in total. The first-order chi connectivity index (χ1) is 13.6. The van der Waals surface area contributed by atoms with Crippen molar-refractivity contribution in [2.75, 3.05) is 6.54 Å². The maximum Gasteiger partial charge on any atom is 0.313 e. The Morgan fingerprint density at radius 3 is 2.64 bits per heavy atom. The van der Waals surface area contributed by atoms with Gasteiger partial charge in [0.1, 0.15) is 5.92 Å². The molecule has 3 unspecified atom stereocenters. The molecular weight excluding hydrogens is 352 g/mol. The Morgan fingerprint density at radius 1 is 1.18 bits per heavy atom. The smallest absolute Gasteiger partial charge is 0.313 e. The summed E-state index contributed by atoms with van der Waals surface area (Å²) in [5, 5.41) is 11.4. The van der Waals surface area contributed by atoms with Crippen molar-refractivity contribution >= 4 is 22.8 Å². The summed E-state index contributed by atoms with van der Waals surface area (Å²) >= 11 is 0. The Labute approximate surface area is 165 Å². The second-order valence-corrected chi connectivity index (χ2v) is 8.71. The fourth-order valence-electron chi connectivity index (χ4n) is 6.19.